The maximum absolute atomic E-state index is 12.0. The average Bonchev–Trinajstić information content (AvgIpc) is 3.13. The molecule has 0 fully saturated rings. The number of nitrogens with zero attached hydrogens (tertiary/aromatic N) is 4. The van der Waals surface area contributed by atoms with E-state index in [2.05, 4.69) is 15.5 Å². The summed E-state index contributed by atoms with van der Waals surface area (Å²) in [6, 6.07) is 13.8. The molecule has 0 aliphatic rings. The number of tetrazole rings is 1. The third-order valence-electron chi connectivity index (χ3n) is 3.10. The fourth-order valence-electron chi connectivity index (χ4n) is 1.96. The number of hydrogen-bond donors (Lipinski definition) is 0. The summed E-state index contributed by atoms with van der Waals surface area (Å²) in [5, 5.41) is 11.5. The third kappa shape index (κ3) is 4.08. The van der Waals surface area contributed by atoms with Crippen molar-refractivity contribution in [3.63, 3.8) is 0 Å². The minimum Gasteiger partial charge on any atom is -0.490 e. The lowest BCUT2D eigenvalue weighted by Crippen LogP contribution is -2.12. The Balaban J connectivity index is 1.48. The molecule has 0 aliphatic heterocycles. The van der Waals surface area contributed by atoms with Crippen LogP contribution in [0, 0.1) is 0 Å². The Morgan fingerprint density at radius 2 is 1.96 bits per heavy atom. The molecule has 0 spiro atoms. The van der Waals surface area contributed by atoms with Crippen molar-refractivity contribution in [2.75, 3.05) is 13.2 Å². The van der Waals surface area contributed by atoms with E-state index in [0.29, 0.717) is 16.3 Å². The van der Waals surface area contributed by atoms with Gasteiger partial charge in [0, 0.05) is 5.02 Å². The average molecular weight is 345 g/mol. The zero-order valence-corrected chi connectivity index (χ0v) is 13.3. The second kappa shape index (κ2) is 7.56. The Bertz CT molecular complexity index is 806. The first-order chi connectivity index (χ1) is 11.7. The molecule has 0 N–H and O–H groups in total. The molecular formula is C16H13ClN4O3. The highest BCUT2D eigenvalue weighted by Gasteiger charge is 2.08. The summed E-state index contributed by atoms with van der Waals surface area (Å²) < 4.78 is 12.1. The number of aromatic nitrogens is 4. The van der Waals surface area contributed by atoms with Crippen LogP contribution in [0.3, 0.4) is 0 Å². The molecule has 0 radical (unpaired) electrons. The highest BCUT2D eigenvalue weighted by molar-refractivity contribution is 6.30. The van der Waals surface area contributed by atoms with Crippen molar-refractivity contribution in [3.05, 3.63) is 65.4 Å². The van der Waals surface area contributed by atoms with Gasteiger partial charge < -0.3 is 9.47 Å². The summed E-state index contributed by atoms with van der Waals surface area (Å²) in [4.78, 5) is 12.0. The number of carbonyl (C=O) groups is 1. The molecule has 3 rings (SSSR count). The van der Waals surface area contributed by atoms with Crippen LogP contribution in [-0.4, -0.2) is 39.4 Å². The topological polar surface area (TPSA) is 79.1 Å². The van der Waals surface area contributed by atoms with Gasteiger partial charge in [0.1, 0.15) is 25.3 Å². The van der Waals surface area contributed by atoms with Crippen molar-refractivity contribution in [1.82, 2.24) is 20.2 Å². The van der Waals surface area contributed by atoms with Crippen molar-refractivity contribution < 1.29 is 14.3 Å². The molecule has 7 nitrogen and oxygen atoms in total. The Hall–Kier alpha value is -2.93. The largest absolute Gasteiger partial charge is 0.490 e. The summed E-state index contributed by atoms with van der Waals surface area (Å²) in [5.74, 6) is 0.206. The van der Waals surface area contributed by atoms with Crippen LogP contribution in [-0.2, 0) is 4.74 Å². The normalized spacial score (nSPS) is 10.4. The van der Waals surface area contributed by atoms with Crippen molar-refractivity contribution in [3.8, 4) is 11.4 Å². The van der Waals surface area contributed by atoms with Gasteiger partial charge in [0.05, 0.1) is 11.3 Å². The second-order valence-electron chi connectivity index (χ2n) is 4.74. The van der Waals surface area contributed by atoms with Gasteiger partial charge in [0.15, 0.2) is 0 Å². The molecule has 0 unspecified atom stereocenters. The van der Waals surface area contributed by atoms with E-state index in [1.54, 1.807) is 48.5 Å². The number of esters is 1. The third-order valence-corrected chi connectivity index (χ3v) is 3.33. The molecule has 0 bridgehead atoms. The molecule has 1 heterocycles. The maximum atomic E-state index is 12.0. The fourth-order valence-corrected chi connectivity index (χ4v) is 2.14. The van der Waals surface area contributed by atoms with Crippen LogP contribution in [0.2, 0.25) is 5.02 Å². The van der Waals surface area contributed by atoms with Crippen molar-refractivity contribution >= 4 is 17.6 Å². The fraction of sp³-hybridized carbons (Fsp3) is 0.125. The standard InChI is InChI=1S/C16H13ClN4O3/c17-13-2-1-3-15(10-13)23-8-9-24-16(22)12-4-6-14(7-5-12)21-11-18-19-20-21/h1-7,10-11H,8-9H2. The Kier molecular flexibility index (Phi) is 5.02. The van der Waals surface area contributed by atoms with E-state index in [4.69, 9.17) is 21.1 Å². The smallest absolute Gasteiger partial charge is 0.338 e. The lowest BCUT2D eigenvalue weighted by molar-refractivity contribution is 0.0450. The predicted molar refractivity (Wildman–Crippen MR) is 86.4 cm³/mol. The van der Waals surface area contributed by atoms with Crippen molar-refractivity contribution in [2.45, 2.75) is 0 Å². The Labute approximate surface area is 142 Å². The van der Waals surface area contributed by atoms with E-state index in [9.17, 15) is 4.79 Å². The first-order valence-electron chi connectivity index (χ1n) is 7.11. The number of halogens is 1. The number of hydrogen-bond acceptors (Lipinski definition) is 6. The van der Waals surface area contributed by atoms with Gasteiger partial charge in [-0.05, 0) is 52.9 Å². The van der Waals surface area contributed by atoms with Gasteiger partial charge in [-0.15, -0.1) is 5.10 Å². The van der Waals surface area contributed by atoms with E-state index in [-0.39, 0.29) is 13.2 Å². The SMILES string of the molecule is O=C(OCCOc1cccc(Cl)c1)c1ccc(-n2cnnn2)cc1. The van der Waals surface area contributed by atoms with Crippen LogP contribution in [0.5, 0.6) is 5.75 Å². The zero-order valence-electron chi connectivity index (χ0n) is 12.5. The molecule has 2 aromatic carbocycles. The van der Waals surface area contributed by atoms with Gasteiger partial charge in [0.2, 0.25) is 0 Å². The van der Waals surface area contributed by atoms with Crippen LogP contribution >= 0.6 is 11.6 Å². The molecule has 3 aromatic rings. The number of ether oxygens (including phenoxy) is 2. The molecular weight excluding hydrogens is 332 g/mol. The van der Waals surface area contributed by atoms with Crippen LogP contribution in [0.15, 0.2) is 54.9 Å². The van der Waals surface area contributed by atoms with Crippen LogP contribution in [0.4, 0.5) is 0 Å². The Morgan fingerprint density at radius 1 is 1.12 bits per heavy atom. The Morgan fingerprint density at radius 3 is 2.67 bits per heavy atom. The molecule has 8 heteroatoms. The first-order valence-corrected chi connectivity index (χ1v) is 7.49. The molecule has 1 aromatic heterocycles. The van der Waals surface area contributed by atoms with Crippen LogP contribution < -0.4 is 4.74 Å². The van der Waals surface area contributed by atoms with Crippen molar-refractivity contribution in [2.24, 2.45) is 0 Å². The summed E-state index contributed by atoms with van der Waals surface area (Å²) in [6.45, 7) is 0.384. The van der Waals surface area contributed by atoms with Gasteiger partial charge in [-0.25, -0.2) is 9.48 Å². The first kappa shape index (κ1) is 15.9. The van der Waals surface area contributed by atoms with Gasteiger partial charge in [-0.3, -0.25) is 0 Å². The summed E-state index contributed by atoms with van der Waals surface area (Å²) in [5.41, 5.74) is 1.19. The van der Waals surface area contributed by atoms with E-state index in [1.807, 2.05) is 0 Å². The molecule has 0 aliphatic carbocycles. The van der Waals surface area contributed by atoms with E-state index in [0.717, 1.165) is 5.69 Å². The highest BCUT2D eigenvalue weighted by atomic mass is 35.5. The number of benzene rings is 2. The summed E-state index contributed by atoms with van der Waals surface area (Å²) in [7, 11) is 0. The van der Waals surface area contributed by atoms with Crippen LogP contribution in [0.25, 0.3) is 5.69 Å². The van der Waals surface area contributed by atoms with Crippen molar-refractivity contribution in [1.29, 1.82) is 0 Å². The summed E-state index contributed by atoms with van der Waals surface area (Å²) in [6.07, 6.45) is 1.47. The summed E-state index contributed by atoms with van der Waals surface area (Å²) >= 11 is 5.86. The van der Waals surface area contributed by atoms with E-state index in [1.165, 1.54) is 11.0 Å². The monoisotopic (exact) mass is 344 g/mol. The molecule has 24 heavy (non-hydrogen) atoms. The van der Waals surface area contributed by atoms with Gasteiger partial charge in [-0.2, -0.15) is 0 Å². The second-order valence-corrected chi connectivity index (χ2v) is 5.18. The molecule has 122 valence electrons. The number of carbonyl (C=O) groups excluding carboxylic acids is 1. The highest BCUT2D eigenvalue weighted by Crippen LogP contribution is 2.17. The minimum absolute atomic E-state index is 0.139. The van der Waals surface area contributed by atoms with Gasteiger partial charge >= 0.3 is 5.97 Å². The van der Waals surface area contributed by atoms with E-state index >= 15 is 0 Å². The van der Waals surface area contributed by atoms with Crippen LogP contribution in [0.1, 0.15) is 10.4 Å². The molecule has 0 saturated carbocycles. The lowest BCUT2D eigenvalue weighted by atomic mass is 10.2. The van der Waals surface area contributed by atoms with Gasteiger partial charge in [-0.1, -0.05) is 17.7 Å². The lowest BCUT2D eigenvalue weighted by Gasteiger charge is -2.08. The molecule has 0 atom stereocenters. The zero-order chi connectivity index (χ0) is 16.8. The minimum atomic E-state index is -0.423. The van der Waals surface area contributed by atoms with Gasteiger partial charge in [0.25, 0.3) is 0 Å². The quantitative estimate of drug-likeness (QED) is 0.505. The number of rotatable bonds is 6. The molecule has 0 amide bonds. The predicted octanol–water partition coefficient (Wildman–Crippen LogP) is 2.55. The maximum Gasteiger partial charge on any atom is 0.338 e. The molecule has 0 saturated heterocycles. The van der Waals surface area contributed by atoms with E-state index < -0.39 is 5.97 Å².